The molecule has 3 atom stereocenters. The molecule has 0 saturated carbocycles. The molecule has 21 heavy (non-hydrogen) atoms. The minimum absolute atomic E-state index is 0.0780. The second-order valence-corrected chi connectivity index (χ2v) is 6.48. The highest BCUT2D eigenvalue weighted by Gasteiger charge is 2.49. The van der Waals surface area contributed by atoms with Crippen molar-refractivity contribution in [1.82, 2.24) is 19.5 Å². The summed E-state index contributed by atoms with van der Waals surface area (Å²) in [7, 11) is 0. The van der Waals surface area contributed by atoms with Crippen LogP contribution in [0.1, 0.15) is 25.0 Å². The van der Waals surface area contributed by atoms with Crippen LogP contribution in [0.3, 0.4) is 0 Å². The van der Waals surface area contributed by atoms with Crippen molar-refractivity contribution in [2.75, 3.05) is 0 Å². The average Bonchev–Trinajstić information content (AvgIpc) is 3.14. The minimum Gasteiger partial charge on any atom is -0.481 e. The van der Waals surface area contributed by atoms with Gasteiger partial charge in [-0.1, -0.05) is 11.3 Å². The van der Waals surface area contributed by atoms with Gasteiger partial charge in [0.25, 0.3) is 5.56 Å². The number of rotatable bonds is 3. The first-order chi connectivity index (χ1) is 10.1. The number of hydrogen-bond donors (Lipinski definition) is 1. The zero-order chi connectivity index (χ0) is 14.6. The Morgan fingerprint density at radius 2 is 2.33 bits per heavy atom. The van der Waals surface area contributed by atoms with E-state index in [1.54, 1.807) is 5.51 Å². The summed E-state index contributed by atoms with van der Waals surface area (Å²) < 4.78 is 1.28. The fraction of sp³-hybridized carbons (Fsp3) is 0.538. The molecule has 0 aromatic carbocycles. The summed E-state index contributed by atoms with van der Waals surface area (Å²) in [6.45, 7) is 0.544. The molecule has 2 aromatic rings. The van der Waals surface area contributed by atoms with E-state index in [2.05, 4.69) is 15.0 Å². The van der Waals surface area contributed by atoms with Crippen LogP contribution in [0.15, 0.2) is 16.4 Å². The molecule has 4 rings (SSSR count). The van der Waals surface area contributed by atoms with E-state index in [0.717, 1.165) is 12.8 Å². The van der Waals surface area contributed by atoms with Gasteiger partial charge in [-0.3, -0.25) is 14.5 Å². The third-order valence-electron chi connectivity index (χ3n) is 4.58. The van der Waals surface area contributed by atoms with E-state index in [-0.39, 0.29) is 17.5 Å². The Morgan fingerprint density at radius 1 is 1.48 bits per heavy atom. The van der Waals surface area contributed by atoms with E-state index in [1.165, 1.54) is 21.9 Å². The number of aromatic nitrogens is 3. The van der Waals surface area contributed by atoms with Crippen molar-refractivity contribution in [3.63, 3.8) is 0 Å². The summed E-state index contributed by atoms with van der Waals surface area (Å²) >= 11 is 1.32. The first-order valence-corrected chi connectivity index (χ1v) is 7.82. The Labute approximate surface area is 123 Å². The molecule has 2 aromatic heterocycles. The van der Waals surface area contributed by atoms with Gasteiger partial charge in [0.1, 0.15) is 5.51 Å². The van der Waals surface area contributed by atoms with Gasteiger partial charge in [0, 0.05) is 24.7 Å². The maximum atomic E-state index is 11.9. The van der Waals surface area contributed by atoms with Crippen molar-refractivity contribution < 1.29 is 9.90 Å². The molecule has 1 N–H and O–H groups in total. The van der Waals surface area contributed by atoms with Gasteiger partial charge in [-0.2, -0.15) is 9.61 Å². The molecular formula is C13H14N4O3S. The van der Waals surface area contributed by atoms with Crippen LogP contribution in [0.2, 0.25) is 0 Å². The maximum Gasteiger partial charge on any atom is 0.308 e. The summed E-state index contributed by atoms with van der Waals surface area (Å²) in [5.41, 5.74) is 2.11. The number of aliphatic carboxylic acids is 1. The fourth-order valence-electron chi connectivity index (χ4n) is 3.68. The quantitative estimate of drug-likeness (QED) is 0.893. The van der Waals surface area contributed by atoms with Crippen molar-refractivity contribution in [2.24, 2.45) is 5.92 Å². The Bertz CT molecular complexity index is 770. The van der Waals surface area contributed by atoms with Gasteiger partial charge < -0.3 is 5.11 Å². The zero-order valence-corrected chi connectivity index (χ0v) is 12.0. The molecule has 110 valence electrons. The lowest BCUT2D eigenvalue weighted by molar-refractivity contribution is -0.142. The molecule has 0 spiro atoms. The number of nitrogens with zero attached hydrogens (tertiary/aromatic N) is 4. The third kappa shape index (κ3) is 1.97. The number of carboxylic acids is 1. The normalized spacial score (nSPS) is 28.5. The van der Waals surface area contributed by atoms with E-state index < -0.39 is 5.97 Å². The molecule has 4 heterocycles. The van der Waals surface area contributed by atoms with Crippen LogP contribution in [0.4, 0.5) is 0 Å². The third-order valence-corrected chi connectivity index (χ3v) is 5.26. The van der Waals surface area contributed by atoms with Crippen molar-refractivity contribution in [3.8, 4) is 0 Å². The molecular weight excluding hydrogens is 292 g/mol. The Hall–Kier alpha value is -1.80. The lowest BCUT2D eigenvalue weighted by Gasteiger charge is -2.22. The molecule has 2 bridgehead atoms. The van der Waals surface area contributed by atoms with Gasteiger partial charge in [0.05, 0.1) is 11.6 Å². The highest BCUT2D eigenvalue weighted by molar-refractivity contribution is 7.14. The number of fused-ring (bicyclic) bond motifs is 3. The first-order valence-electron chi connectivity index (χ1n) is 6.94. The van der Waals surface area contributed by atoms with E-state index >= 15 is 0 Å². The van der Waals surface area contributed by atoms with Crippen LogP contribution >= 0.6 is 11.3 Å². The molecule has 7 nitrogen and oxygen atoms in total. The zero-order valence-electron chi connectivity index (χ0n) is 11.2. The SMILES string of the molecule is O=C(O)C1CC2CCC1N2Cc1cc(=O)n2ncsc2n1. The lowest BCUT2D eigenvalue weighted by Crippen LogP contribution is -2.33. The van der Waals surface area contributed by atoms with E-state index in [4.69, 9.17) is 0 Å². The summed E-state index contributed by atoms with van der Waals surface area (Å²) in [5, 5.41) is 13.2. The second kappa shape index (κ2) is 4.60. The molecule has 0 radical (unpaired) electrons. The topological polar surface area (TPSA) is 87.8 Å². The monoisotopic (exact) mass is 306 g/mol. The molecule has 2 aliphatic heterocycles. The molecule has 8 heteroatoms. The summed E-state index contributed by atoms with van der Waals surface area (Å²) in [6, 6.07) is 1.88. The van der Waals surface area contributed by atoms with Crippen LogP contribution in [0, 0.1) is 5.92 Å². The van der Waals surface area contributed by atoms with Crippen LogP contribution in [-0.2, 0) is 11.3 Å². The molecule has 2 fully saturated rings. The molecule has 0 aliphatic carbocycles. The van der Waals surface area contributed by atoms with Gasteiger partial charge in [-0.05, 0) is 19.3 Å². The van der Waals surface area contributed by atoms with Gasteiger partial charge >= 0.3 is 5.97 Å². The highest BCUT2D eigenvalue weighted by Crippen LogP contribution is 2.42. The van der Waals surface area contributed by atoms with E-state index in [9.17, 15) is 14.7 Å². The number of carboxylic acid groups (broad SMARTS) is 1. The number of carbonyl (C=O) groups is 1. The highest BCUT2D eigenvalue weighted by atomic mass is 32.1. The van der Waals surface area contributed by atoms with Crippen molar-refractivity contribution in [3.05, 3.63) is 27.6 Å². The second-order valence-electron chi connectivity index (χ2n) is 5.67. The smallest absolute Gasteiger partial charge is 0.308 e. The van der Waals surface area contributed by atoms with Crippen molar-refractivity contribution in [1.29, 1.82) is 0 Å². The summed E-state index contributed by atoms with van der Waals surface area (Å²) in [5.74, 6) is -0.991. The van der Waals surface area contributed by atoms with Gasteiger partial charge in [-0.15, -0.1) is 0 Å². The largest absolute Gasteiger partial charge is 0.481 e. The fourth-order valence-corrected chi connectivity index (χ4v) is 4.32. The van der Waals surface area contributed by atoms with Crippen molar-refractivity contribution in [2.45, 2.75) is 37.9 Å². The van der Waals surface area contributed by atoms with E-state index in [0.29, 0.717) is 29.7 Å². The van der Waals surface area contributed by atoms with Crippen LogP contribution < -0.4 is 5.56 Å². The lowest BCUT2D eigenvalue weighted by atomic mass is 9.89. The van der Waals surface area contributed by atoms with Gasteiger partial charge in [0.15, 0.2) is 0 Å². The van der Waals surface area contributed by atoms with Crippen LogP contribution in [0.25, 0.3) is 4.96 Å². The van der Waals surface area contributed by atoms with Crippen molar-refractivity contribution >= 4 is 22.3 Å². The van der Waals surface area contributed by atoms with Gasteiger partial charge in [0.2, 0.25) is 4.96 Å². The Morgan fingerprint density at radius 3 is 3.10 bits per heavy atom. The minimum atomic E-state index is -0.710. The predicted molar refractivity (Wildman–Crippen MR) is 75.2 cm³/mol. The molecule has 3 unspecified atom stereocenters. The van der Waals surface area contributed by atoms with E-state index in [1.807, 2.05) is 0 Å². The summed E-state index contributed by atoms with van der Waals surface area (Å²) in [4.78, 5) is 30.5. The van der Waals surface area contributed by atoms with Gasteiger partial charge in [-0.25, -0.2) is 4.98 Å². The molecule has 2 aliphatic rings. The molecule has 0 amide bonds. The summed E-state index contributed by atoms with van der Waals surface area (Å²) in [6.07, 6.45) is 2.67. The maximum absolute atomic E-state index is 11.9. The number of hydrogen-bond acceptors (Lipinski definition) is 6. The van der Waals surface area contributed by atoms with Crippen LogP contribution in [-0.4, -0.2) is 42.7 Å². The Balaban J connectivity index is 1.63. The average molecular weight is 306 g/mol. The predicted octanol–water partition coefficient (Wildman–Crippen LogP) is 0.589. The Kier molecular flexibility index (Phi) is 2.83. The molecule has 2 saturated heterocycles. The van der Waals surface area contributed by atoms with Crippen LogP contribution in [0.5, 0.6) is 0 Å². The first kappa shape index (κ1) is 12.9. The standard InChI is InChI=1S/C13H14N4O3S/c18-11-3-7(15-13-17(11)14-6-21-13)5-16-8-1-2-10(16)9(4-8)12(19)20/h3,6,8-10H,1-2,4-5H2,(H,19,20).